The van der Waals surface area contributed by atoms with Crippen molar-refractivity contribution in [2.45, 2.75) is 68.8 Å². The van der Waals surface area contributed by atoms with Gasteiger partial charge in [0.1, 0.15) is 6.04 Å². The van der Waals surface area contributed by atoms with Crippen LogP contribution in [-0.2, 0) is 39.3 Å². The van der Waals surface area contributed by atoms with Crippen molar-refractivity contribution < 1.29 is 37.3 Å². The van der Waals surface area contributed by atoms with Gasteiger partial charge in [0.25, 0.3) is 0 Å². The molecule has 5 unspecified atom stereocenters. The maximum atomic E-state index is 13.1. The van der Waals surface area contributed by atoms with Crippen molar-refractivity contribution in [1.29, 1.82) is 0 Å². The van der Waals surface area contributed by atoms with Gasteiger partial charge in [-0.05, 0) is 40.7 Å². The SMILES string of the molecule is CC1C(CSc2nccn2C)OC(c2ccc(-c3ccccc3CNC(=O)C3CCCN3C(=O)C(F)(F)F)cc2)OC1c1ccc(CO)cc1. The Kier molecular flexibility index (Phi) is 11.0. The number of benzene rings is 3. The number of carbonyl (C=O) groups is 2. The second kappa shape index (κ2) is 15.4. The third kappa shape index (κ3) is 7.91. The molecule has 2 fully saturated rings. The predicted molar refractivity (Wildman–Crippen MR) is 181 cm³/mol. The third-order valence-electron chi connectivity index (χ3n) is 9.30. The maximum Gasteiger partial charge on any atom is 0.471 e. The molecule has 0 saturated carbocycles. The number of aryl methyl sites for hydroxylation is 1. The Hall–Kier alpha value is -4.17. The monoisotopic (exact) mass is 708 g/mol. The number of nitrogens with zero attached hydrogens (tertiary/aromatic N) is 3. The summed E-state index contributed by atoms with van der Waals surface area (Å²) in [6.45, 7) is 2.05. The third-order valence-corrected chi connectivity index (χ3v) is 10.4. The van der Waals surface area contributed by atoms with E-state index in [1.165, 1.54) is 0 Å². The summed E-state index contributed by atoms with van der Waals surface area (Å²) in [7, 11) is 1.95. The first kappa shape index (κ1) is 35.6. The lowest BCUT2D eigenvalue weighted by Gasteiger charge is -2.41. The molecule has 13 heteroatoms. The van der Waals surface area contributed by atoms with Crippen LogP contribution in [-0.4, -0.2) is 62.0 Å². The van der Waals surface area contributed by atoms with Gasteiger partial charge in [0.05, 0.1) is 18.8 Å². The molecule has 3 aromatic carbocycles. The number of alkyl halides is 3. The molecule has 2 aliphatic heterocycles. The molecule has 1 aromatic heterocycles. The van der Waals surface area contributed by atoms with Crippen LogP contribution in [0.25, 0.3) is 11.1 Å². The van der Waals surface area contributed by atoms with Crippen LogP contribution >= 0.6 is 11.8 Å². The smallest absolute Gasteiger partial charge is 0.392 e. The van der Waals surface area contributed by atoms with E-state index in [0.29, 0.717) is 17.1 Å². The molecule has 2 amide bonds. The molecule has 5 atom stereocenters. The van der Waals surface area contributed by atoms with Crippen LogP contribution in [0.2, 0.25) is 0 Å². The van der Waals surface area contributed by atoms with Crippen LogP contribution in [0.3, 0.4) is 0 Å². The zero-order valence-electron chi connectivity index (χ0n) is 27.7. The molecule has 0 radical (unpaired) electrons. The van der Waals surface area contributed by atoms with E-state index in [9.17, 15) is 27.9 Å². The number of hydrogen-bond donors (Lipinski definition) is 2. The largest absolute Gasteiger partial charge is 0.471 e. The summed E-state index contributed by atoms with van der Waals surface area (Å²) in [6, 6.07) is 21.9. The lowest BCUT2D eigenvalue weighted by Crippen LogP contribution is -2.50. The minimum absolute atomic E-state index is 0.0169. The number of amides is 2. The second-order valence-corrected chi connectivity index (χ2v) is 13.6. The van der Waals surface area contributed by atoms with Crippen molar-refractivity contribution >= 4 is 23.6 Å². The fourth-order valence-corrected chi connectivity index (χ4v) is 7.57. The van der Waals surface area contributed by atoms with Crippen molar-refractivity contribution in [3.8, 4) is 11.1 Å². The summed E-state index contributed by atoms with van der Waals surface area (Å²) in [5, 5.41) is 13.2. The number of nitrogens with one attached hydrogen (secondary N) is 1. The molecule has 2 saturated heterocycles. The Labute approximate surface area is 292 Å². The fraction of sp³-hybridized carbons (Fsp3) is 0.378. The number of thioether (sulfide) groups is 1. The van der Waals surface area contributed by atoms with E-state index in [0.717, 1.165) is 38.5 Å². The number of carbonyl (C=O) groups excluding carboxylic acids is 2. The molecule has 264 valence electrons. The van der Waals surface area contributed by atoms with Gasteiger partial charge in [-0.25, -0.2) is 4.98 Å². The van der Waals surface area contributed by atoms with Crippen molar-refractivity contribution in [3.05, 3.63) is 107 Å². The number of aliphatic hydroxyl groups excluding tert-OH is 1. The highest BCUT2D eigenvalue weighted by molar-refractivity contribution is 7.99. The molecule has 2 aliphatic rings. The minimum Gasteiger partial charge on any atom is -0.392 e. The number of hydrogen-bond acceptors (Lipinski definition) is 7. The molecule has 3 heterocycles. The summed E-state index contributed by atoms with van der Waals surface area (Å²) in [5.74, 6) is -1.91. The van der Waals surface area contributed by atoms with Crippen LogP contribution in [0.5, 0.6) is 0 Å². The van der Waals surface area contributed by atoms with Crippen LogP contribution in [0.15, 0.2) is 90.3 Å². The Morgan fingerprint density at radius 2 is 1.74 bits per heavy atom. The minimum atomic E-state index is -5.03. The van der Waals surface area contributed by atoms with Crippen molar-refractivity contribution in [2.75, 3.05) is 12.3 Å². The first-order valence-electron chi connectivity index (χ1n) is 16.5. The van der Waals surface area contributed by atoms with E-state index in [-0.39, 0.29) is 44.2 Å². The van der Waals surface area contributed by atoms with E-state index in [2.05, 4.69) is 17.2 Å². The van der Waals surface area contributed by atoms with Crippen molar-refractivity contribution in [2.24, 2.45) is 13.0 Å². The summed E-state index contributed by atoms with van der Waals surface area (Å²) in [5.41, 5.74) is 5.13. The summed E-state index contributed by atoms with van der Waals surface area (Å²) in [6.07, 6.45) is -1.93. The Balaban J connectivity index is 1.18. The number of imidazole rings is 1. The highest BCUT2D eigenvalue weighted by Crippen LogP contribution is 2.43. The first-order chi connectivity index (χ1) is 24.0. The first-order valence-corrected chi connectivity index (χ1v) is 17.5. The Bertz CT molecular complexity index is 1780. The Morgan fingerprint density at radius 3 is 2.42 bits per heavy atom. The number of ether oxygens (including phenoxy) is 2. The molecule has 0 aliphatic carbocycles. The number of likely N-dealkylation sites (tertiary alicyclic amines) is 1. The summed E-state index contributed by atoms with van der Waals surface area (Å²) < 4.78 is 54.4. The second-order valence-electron chi connectivity index (χ2n) is 12.6. The molecular weight excluding hydrogens is 669 g/mol. The van der Waals surface area contributed by atoms with E-state index in [4.69, 9.17) is 9.47 Å². The summed E-state index contributed by atoms with van der Waals surface area (Å²) >= 11 is 1.62. The van der Waals surface area contributed by atoms with Crippen molar-refractivity contribution in [3.63, 3.8) is 0 Å². The van der Waals surface area contributed by atoms with Gasteiger partial charge >= 0.3 is 12.1 Å². The van der Waals surface area contributed by atoms with Gasteiger partial charge in [-0.1, -0.05) is 91.5 Å². The van der Waals surface area contributed by atoms with E-state index >= 15 is 0 Å². The molecule has 6 rings (SSSR count). The zero-order chi connectivity index (χ0) is 35.4. The number of rotatable bonds is 10. The van der Waals surface area contributed by atoms with Gasteiger partial charge in [0, 0.05) is 49.8 Å². The van der Waals surface area contributed by atoms with E-state index < -0.39 is 30.3 Å². The predicted octanol–water partition coefficient (Wildman–Crippen LogP) is 6.33. The number of halogens is 3. The molecule has 4 aromatic rings. The van der Waals surface area contributed by atoms with Gasteiger partial charge < -0.3 is 29.4 Å². The molecule has 9 nitrogen and oxygen atoms in total. The van der Waals surface area contributed by atoms with E-state index in [1.807, 2.05) is 90.6 Å². The average Bonchev–Trinajstić information content (AvgIpc) is 3.79. The topological polar surface area (TPSA) is 106 Å². The van der Waals surface area contributed by atoms with Gasteiger partial charge in [0.2, 0.25) is 5.91 Å². The number of aromatic nitrogens is 2. The van der Waals surface area contributed by atoms with Crippen LogP contribution < -0.4 is 5.32 Å². The van der Waals surface area contributed by atoms with Crippen LogP contribution in [0.1, 0.15) is 54.4 Å². The highest BCUT2D eigenvalue weighted by atomic mass is 32.2. The van der Waals surface area contributed by atoms with Gasteiger partial charge in [-0.3, -0.25) is 9.59 Å². The average molecular weight is 709 g/mol. The normalized spacial score (nSPS) is 22.4. The number of aliphatic hydroxyl groups is 1. The molecule has 50 heavy (non-hydrogen) atoms. The standard InChI is InChI=1S/C37H39F3N4O5S/c1-23-31(22-50-36-41-17-19-43(36)2)48-34(49-32(23)26-11-9-24(21-45)10-12-26)27-15-13-25(14-16-27)29-7-4-3-6-28(29)20-42-33(46)30-8-5-18-44(30)35(47)37(38,39)40/h3-4,6-7,9-17,19,23,30-32,34,45H,5,8,18,20-22H2,1-2H3,(H,42,46). The highest BCUT2D eigenvalue weighted by Gasteiger charge is 2.47. The summed E-state index contributed by atoms with van der Waals surface area (Å²) in [4.78, 5) is 29.9. The quantitative estimate of drug-likeness (QED) is 0.186. The van der Waals surface area contributed by atoms with Crippen LogP contribution in [0.4, 0.5) is 13.2 Å². The zero-order valence-corrected chi connectivity index (χ0v) is 28.5. The molecule has 2 N–H and O–H groups in total. The van der Waals surface area contributed by atoms with E-state index in [1.54, 1.807) is 18.0 Å². The fourth-order valence-electron chi connectivity index (χ4n) is 6.48. The molecular formula is C37H39F3N4O5S. The Morgan fingerprint density at radius 1 is 1.02 bits per heavy atom. The van der Waals surface area contributed by atoms with Gasteiger partial charge in [-0.15, -0.1) is 0 Å². The van der Waals surface area contributed by atoms with Crippen molar-refractivity contribution in [1.82, 2.24) is 19.8 Å². The molecule has 0 spiro atoms. The van der Waals surface area contributed by atoms with Gasteiger partial charge in [0.15, 0.2) is 11.4 Å². The lowest BCUT2D eigenvalue weighted by molar-refractivity contribution is -0.268. The van der Waals surface area contributed by atoms with Crippen LogP contribution in [0, 0.1) is 5.92 Å². The molecule has 0 bridgehead atoms. The van der Waals surface area contributed by atoms with Gasteiger partial charge in [-0.2, -0.15) is 13.2 Å². The lowest BCUT2D eigenvalue weighted by atomic mass is 9.91. The maximum absolute atomic E-state index is 13.1.